The molecule has 7 heteroatoms. The second-order valence-electron chi connectivity index (χ2n) is 8.67. The number of fused-ring (bicyclic) bond motifs is 1. The number of allylic oxidation sites excluding steroid dienone is 1. The normalized spacial score (nSPS) is 14.9. The van der Waals surface area contributed by atoms with Crippen molar-refractivity contribution in [1.29, 1.82) is 0 Å². The topological polar surface area (TPSA) is 95.0 Å². The van der Waals surface area contributed by atoms with E-state index in [0.29, 0.717) is 31.7 Å². The van der Waals surface area contributed by atoms with E-state index in [4.69, 9.17) is 19.6 Å². The number of likely N-dealkylation sites (tertiary alicyclic amines) is 1. The number of amides is 2. The van der Waals surface area contributed by atoms with E-state index in [2.05, 4.69) is 0 Å². The number of ether oxygens (including phenoxy) is 2. The maximum atomic E-state index is 13.0. The lowest BCUT2D eigenvalue weighted by molar-refractivity contribution is -0.130. The van der Waals surface area contributed by atoms with Crippen molar-refractivity contribution in [2.75, 3.05) is 27.3 Å². The fourth-order valence-electron chi connectivity index (χ4n) is 4.60. The number of primary amides is 1. The molecule has 7 nitrogen and oxygen atoms in total. The Labute approximate surface area is 199 Å². The van der Waals surface area contributed by atoms with E-state index >= 15 is 0 Å². The summed E-state index contributed by atoms with van der Waals surface area (Å²) < 4.78 is 16.9. The van der Waals surface area contributed by atoms with Crippen LogP contribution in [-0.4, -0.2) is 44.0 Å². The number of rotatable bonds is 6. The smallest absolute Gasteiger partial charge is 0.246 e. The summed E-state index contributed by atoms with van der Waals surface area (Å²) in [5, 5.41) is 0.945. The Morgan fingerprint density at radius 1 is 1.12 bits per heavy atom. The summed E-state index contributed by atoms with van der Waals surface area (Å²) in [5.41, 5.74) is 10.6. The molecule has 1 aliphatic rings. The summed E-state index contributed by atoms with van der Waals surface area (Å²) in [6.45, 7) is 4.91. The van der Waals surface area contributed by atoms with Gasteiger partial charge in [-0.2, -0.15) is 0 Å². The highest BCUT2D eigenvalue weighted by Crippen LogP contribution is 2.41. The predicted molar refractivity (Wildman–Crippen MR) is 132 cm³/mol. The third-order valence-corrected chi connectivity index (χ3v) is 6.62. The van der Waals surface area contributed by atoms with Gasteiger partial charge >= 0.3 is 0 Å². The molecular weight excluding hydrogens is 432 g/mol. The van der Waals surface area contributed by atoms with E-state index < -0.39 is 0 Å². The van der Waals surface area contributed by atoms with E-state index in [-0.39, 0.29) is 17.7 Å². The first-order valence-electron chi connectivity index (χ1n) is 11.3. The lowest BCUT2D eigenvalue weighted by Crippen LogP contribution is -2.41. The molecule has 0 saturated carbocycles. The minimum atomic E-state index is -0.292. The van der Waals surface area contributed by atoms with Crippen molar-refractivity contribution >= 4 is 28.4 Å². The van der Waals surface area contributed by atoms with Crippen LogP contribution in [0.5, 0.6) is 11.5 Å². The fraction of sp³-hybridized carbons (Fsp3) is 0.333. The van der Waals surface area contributed by atoms with Crippen molar-refractivity contribution in [2.45, 2.75) is 26.7 Å². The molecule has 0 bridgehead atoms. The van der Waals surface area contributed by atoms with E-state index in [1.165, 1.54) is 0 Å². The van der Waals surface area contributed by atoms with Crippen LogP contribution in [0.2, 0.25) is 0 Å². The molecule has 1 aromatic heterocycles. The standard InChI is InChI=1S/C27H30N2O5/c1-16(13-24(30)29-11-9-19(10-12-29)27(28)31)21-14-22-23(18-5-7-20(32-3)8-6-18)15-34-26(22)17(2)25(21)33-4/h5-8,13-15,19H,9-12H2,1-4H3,(H2,28,31)/b16-13+. The molecule has 0 aliphatic carbocycles. The monoisotopic (exact) mass is 462 g/mol. The number of hydrogen-bond acceptors (Lipinski definition) is 5. The number of nitrogens with zero attached hydrogens (tertiary/aromatic N) is 1. The number of hydrogen-bond donors (Lipinski definition) is 1. The second-order valence-corrected chi connectivity index (χ2v) is 8.67. The summed E-state index contributed by atoms with van der Waals surface area (Å²) in [7, 11) is 3.26. The molecule has 3 aromatic rings. The lowest BCUT2D eigenvalue weighted by Gasteiger charge is -2.30. The molecule has 2 amide bonds. The highest BCUT2D eigenvalue weighted by molar-refractivity contribution is 6.01. The van der Waals surface area contributed by atoms with Crippen LogP contribution >= 0.6 is 0 Å². The largest absolute Gasteiger partial charge is 0.497 e. The number of furan rings is 1. The molecule has 4 rings (SSSR count). The van der Waals surface area contributed by atoms with Crippen LogP contribution in [0.1, 0.15) is 30.9 Å². The second kappa shape index (κ2) is 9.63. The molecule has 0 unspecified atom stereocenters. The van der Waals surface area contributed by atoms with Gasteiger partial charge in [0.25, 0.3) is 0 Å². The summed E-state index contributed by atoms with van der Waals surface area (Å²) >= 11 is 0. The summed E-state index contributed by atoms with van der Waals surface area (Å²) in [6.07, 6.45) is 4.59. The Balaban J connectivity index is 1.69. The molecule has 0 radical (unpaired) electrons. The van der Waals surface area contributed by atoms with Crippen LogP contribution in [0, 0.1) is 12.8 Å². The maximum Gasteiger partial charge on any atom is 0.246 e. The van der Waals surface area contributed by atoms with Gasteiger partial charge in [-0.25, -0.2) is 0 Å². The third-order valence-electron chi connectivity index (χ3n) is 6.62. The van der Waals surface area contributed by atoms with Crippen LogP contribution < -0.4 is 15.2 Å². The highest BCUT2D eigenvalue weighted by atomic mass is 16.5. The first-order chi connectivity index (χ1) is 16.3. The van der Waals surface area contributed by atoms with Crippen LogP contribution in [0.3, 0.4) is 0 Å². The molecule has 2 heterocycles. The Kier molecular flexibility index (Phi) is 6.63. The van der Waals surface area contributed by atoms with Gasteiger partial charge in [-0.3, -0.25) is 9.59 Å². The zero-order chi connectivity index (χ0) is 24.4. The number of piperidine rings is 1. The zero-order valence-electron chi connectivity index (χ0n) is 20.0. The van der Waals surface area contributed by atoms with Gasteiger partial charge in [-0.05, 0) is 56.0 Å². The van der Waals surface area contributed by atoms with Gasteiger partial charge in [-0.1, -0.05) is 12.1 Å². The highest BCUT2D eigenvalue weighted by Gasteiger charge is 2.25. The molecule has 1 saturated heterocycles. The average molecular weight is 463 g/mol. The summed E-state index contributed by atoms with van der Waals surface area (Å²) in [5.74, 6) is 0.934. The molecular formula is C27H30N2O5. The average Bonchev–Trinajstić information content (AvgIpc) is 3.28. The van der Waals surface area contributed by atoms with Gasteiger partial charge in [0, 0.05) is 47.2 Å². The molecule has 2 N–H and O–H groups in total. The Hall–Kier alpha value is -3.74. The Morgan fingerprint density at radius 2 is 1.79 bits per heavy atom. The number of benzene rings is 2. The fourth-order valence-corrected chi connectivity index (χ4v) is 4.60. The SMILES string of the molecule is COc1ccc(-c2coc3c(C)c(OC)c(/C(C)=C/C(=O)N4CCC(C(N)=O)CC4)cc23)cc1. The number of aryl methyl sites for hydroxylation is 1. The van der Waals surface area contributed by atoms with Crippen LogP contribution in [0.25, 0.3) is 27.7 Å². The maximum absolute atomic E-state index is 13.0. The Morgan fingerprint density at radius 3 is 2.38 bits per heavy atom. The summed E-state index contributed by atoms with van der Waals surface area (Å²) in [4.78, 5) is 26.2. The van der Waals surface area contributed by atoms with Crippen molar-refractivity contribution in [3.8, 4) is 22.6 Å². The van der Waals surface area contributed by atoms with E-state index in [1.54, 1.807) is 31.5 Å². The molecule has 0 spiro atoms. The van der Waals surface area contributed by atoms with E-state index in [0.717, 1.165) is 44.5 Å². The first-order valence-corrected chi connectivity index (χ1v) is 11.3. The van der Waals surface area contributed by atoms with E-state index in [9.17, 15) is 9.59 Å². The van der Waals surface area contributed by atoms with Crippen LogP contribution in [-0.2, 0) is 9.59 Å². The molecule has 2 aromatic carbocycles. The van der Waals surface area contributed by atoms with Gasteiger partial charge in [0.05, 0.1) is 20.5 Å². The van der Waals surface area contributed by atoms with Crippen molar-refractivity contribution in [3.63, 3.8) is 0 Å². The quantitative estimate of drug-likeness (QED) is 0.542. The van der Waals surface area contributed by atoms with Crippen molar-refractivity contribution in [1.82, 2.24) is 4.90 Å². The van der Waals surface area contributed by atoms with Gasteiger partial charge < -0.3 is 24.5 Å². The minimum absolute atomic E-state index is 0.0807. The van der Waals surface area contributed by atoms with Crippen LogP contribution in [0.15, 0.2) is 47.1 Å². The van der Waals surface area contributed by atoms with Crippen molar-refractivity contribution in [3.05, 3.63) is 53.8 Å². The van der Waals surface area contributed by atoms with Gasteiger partial charge in [0.15, 0.2) is 0 Å². The number of carbonyl (C=O) groups is 2. The zero-order valence-corrected chi connectivity index (χ0v) is 20.0. The third kappa shape index (κ3) is 4.38. The molecule has 0 atom stereocenters. The number of methoxy groups -OCH3 is 2. The minimum Gasteiger partial charge on any atom is -0.497 e. The van der Waals surface area contributed by atoms with Gasteiger partial charge in [0.2, 0.25) is 11.8 Å². The molecule has 1 aliphatic heterocycles. The number of nitrogens with two attached hydrogens (primary N) is 1. The van der Waals surface area contributed by atoms with Gasteiger partial charge in [0.1, 0.15) is 17.1 Å². The van der Waals surface area contributed by atoms with Crippen molar-refractivity contribution in [2.24, 2.45) is 11.7 Å². The molecule has 1 fully saturated rings. The predicted octanol–water partition coefficient (Wildman–Crippen LogP) is 4.55. The first kappa shape index (κ1) is 23.4. The van der Waals surface area contributed by atoms with Crippen molar-refractivity contribution < 1.29 is 23.5 Å². The van der Waals surface area contributed by atoms with E-state index in [1.807, 2.05) is 44.2 Å². The van der Waals surface area contributed by atoms with Crippen LogP contribution in [0.4, 0.5) is 0 Å². The lowest BCUT2D eigenvalue weighted by atomic mass is 9.95. The molecule has 34 heavy (non-hydrogen) atoms. The molecule has 178 valence electrons. The Bertz CT molecular complexity index is 1250. The van der Waals surface area contributed by atoms with Gasteiger partial charge in [-0.15, -0.1) is 0 Å². The summed E-state index contributed by atoms with van der Waals surface area (Å²) in [6, 6.07) is 9.82. The number of carbonyl (C=O) groups excluding carboxylic acids is 2.